The average molecular weight is 390 g/mol. The second kappa shape index (κ2) is 7.70. The zero-order chi connectivity index (χ0) is 19.4. The summed E-state index contributed by atoms with van der Waals surface area (Å²) in [5.74, 6) is 0.585. The Morgan fingerprint density at radius 2 is 1.36 bits per heavy atom. The van der Waals surface area contributed by atoms with Gasteiger partial charge in [0.15, 0.2) is 0 Å². The zero-order valence-electron chi connectivity index (χ0n) is 15.0. The molecule has 0 amide bonds. The summed E-state index contributed by atoms with van der Waals surface area (Å²) in [6, 6.07) is 26.5. The number of hydrogen-bond donors (Lipinski definition) is 0. The number of aromatic nitrogens is 2. The highest BCUT2D eigenvalue weighted by Gasteiger charge is 2.16. The molecule has 6 heteroatoms. The Morgan fingerprint density at radius 3 is 2.04 bits per heavy atom. The van der Waals surface area contributed by atoms with Crippen LogP contribution in [0.3, 0.4) is 0 Å². The third-order valence-electron chi connectivity index (χ3n) is 4.24. The van der Waals surface area contributed by atoms with Gasteiger partial charge in [-0.25, -0.2) is 13.1 Å². The molecule has 140 valence electrons. The fourth-order valence-corrected chi connectivity index (χ4v) is 4.05. The number of para-hydroxylation sites is 1. The SMILES string of the molecule is O=S(=O)(c1ccccc1)c1ccc(OCc2ccn(-c3ccccc3)n2)cc1. The highest BCUT2D eigenvalue weighted by atomic mass is 32.2. The van der Waals surface area contributed by atoms with Gasteiger partial charge in [0.05, 0.1) is 15.5 Å². The molecule has 0 saturated heterocycles. The van der Waals surface area contributed by atoms with Gasteiger partial charge in [-0.3, -0.25) is 0 Å². The quantitative estimate of drug-likeness (QED) is 0.493. The third kappa shape index (κ3) is 3.82. The van der Waals surface area contributed by atoms with Crippen molar-refractivity contribution in [2.45, 2.75) is 16.4 Å². The van der Waals surface area contributed by atoms with E-state index >= 15 is 0 Å². The Balaban J connectivity index is 1.44. The van der Waals surface area contributed by atoms with Gasteiger partial charge >= 0.3 is 0 Å². The van der Waals surface area contributed by atoms with E-state index < -0.39 is 9.84 Å². The van der Waals surface area contributed by atoms with Gasteiger partial charge < -0.3 is 4.74 Å². The molecule has 5 nitrogen and oxygen atoms in total. The van der Waals surface area contributed by atoms with Gasteiger partial charge in [0.1, 0.15) is 18.1 Å². The molecule has 0 atom stereocenters. The van der Waals surface area contributed by atoms with Crippen molar-refractivity contribution in [1.29, 1.82) is 0 Å². The van der Waals surface area contributed by atoms with Gasteiger partial charge in [-0.2, -0.15) is 5.10 Å². The second-order valence-corrected chi connectivity index (χ2v) is 8.11. The van der Waals surface area contributed by atoms with Gasteiger partial charge in [0.2, 0.25) is 9.84 Å². The Bertz CT molecular complexity index is 1150. The molecule has 1 aromatic heterocycles. The van der Waals surface area contributed by atoms with Crippen LogP contribution < -0.4 is 4.74 Å². The number of sulfone groups is 1. The first-order valence-corrected chi connectivity index (χ1v) is 10.2. The Labute approximate surface area is 163 Å². The summed E-state index contributed by atoms with van der Waals surface area (Å²) < 4.78 is 32.7. The molecular weight excluding hydrogens is 372 g/mol. The van der Waals surface area contributed by atoms with Crippen LogP contribution in [-0.4, -0.2) is 18.2 Å². The molecule has 4 aromatic rings. The topological polar surface area (TPSA) is 61.2 Å². The molecule has 0 unspecified atom stereocenters. The molecule has 0 saturated carbocycles. The van der Waals surface area contributed by atoms with Gasteiger partial charge in [-0.1, -0.05) is 36.4 Å². The first-order valence-electron chi connectivity index (χ1n) is 8.76. The van der Waals surface area contributed by atoms with Gasteiger partial charge in [0, 0.05) is 6.20 Å². The van der Waals surface area contributed by atoms with Crippen molar-refractivity contribution in [2.75, 3.05) is 0 Å². The molecule has 0 aliphatic rings. The second-order valence-electron chi connectivity index (χ2n) is 6.16. The van der Waals surface area contributed by atoms with Crippen molar-refractivity contribution in [3.63, 3.8) is 0 Å². The van der Waals surface area contributed by atoms with Crippen LogP contribution in [0.4, 0.5) is 0 Å². The molecular formula is C22H18N2O3S. The standard InChI is InChI=1S/C22H18N2O3S/c25-28(26,21-9-5-2-6-10-21)22-13-11-20(12-14-22)27-17-18-15-16-24(23-18)19-7-3-1-4-8-19/h1-16H,17H2. The predicted molar refractivity (Wildman–Crippen MR) is 106 cm³/mol. The summed E-state index contributed by atoms with van der Waals surface area (Å²) in [5, 5.41) is 4.49. The summed E-state index contributed by atoms with van der Waals surface area (Å²) in [6.45, 7) is 0.296. The summed E-state index contributed by atoms with van der Waals surface area (Å²) in [7, 11) is -3.52. The molecule has 0 aliphatic heterocycles. The molecule has 3 aromatic carbocycles. The van der Waals surface area contributed by atoms with E-state index in [1.807, 2.05) is 42.6 Å². The van der Waals surface area contributed by atoms with E-state index in [9.17, 15) is 8.42 Å². The summed E-state index contributed by atoms with van der Waals surface area (Å²) >= 11 is 0. The number of nitrogens with zero attached hydrogens (tertiary/aromatic N) is 2. The largest absolute Gasteiger partial charge is 0.487 e. The van der Waals surface area contributed by atoms with E-state index in [2.05, 4.69) is 5.10 Å². The molecule has 0 aliphatic carbocycles. The van der Waals surface area contributed by atoms with E-state index in [4.69, 9.17) is 4.74 Å². The Hall–Kier alpha value is -3.38. The fourth-order valence-electron chi connectivity index (χ4n) is 2.77. The maximum absolute atomic E-state index is 12.6. The minimum absolute atomic E-state index is 0.236. The van der Waals surface area contributed by atoms with Gasteiger partial charge in [0.25, 0.3) is 0 Å². The predicted octanol–water partition coefficient (Wildman–Crippen LogP) is 4.28. The van der Waals surface area contributed by atoms with Crippen LogP contribution >= 0.6 is 0 Å². The molecule has 0 radical (unpaired) electrons. The first-order chi connectivity index (χ1) is 13.6. The van der Waals surface area contributed by atoms with Crippen molar-refractivity contribution < 1.29 is 13.2 Å². The normalized spacial score (nSPS) is 11.3. The van der Waals surface area contributed by atoms with E-state index in [1.165, 1.54) is 0 Å². The fraction of sp³-hybridized carbons (Fsp3) is 0.0455. The van der Waals surface area contributed by atoms with Crippen molar-refractivity contribution >= 4 is 9.84 Å². The summed E-state index contributed by atoms with van der Waals surface area (Å²) in [6.07, 6.45) is 1.88. The van der Waals surface area contributed by atoms with Crippen LogP contribution in [-0.2, 0) is 16.4 Å². The van der Waals surface area contributed by atoms with Crippen LogP contribution in [0, 0.1) is 0 Å². The Morgan fingerprint density at radius 1 is 0.750 bits per heavy atom. The molecule has 4 rings (SSSR count). The maximum atomic E-state index is 12.6. The van der Waals surface area contributed by atoms with Crippen LogP contribution in [0.2, 0.25) is 0 Å². The number of hydrogen-bond acceptors (Lipinski definition) is 4. The maximum Gasteiger partial charge on any atom is 0.206 e. The van der Waals surface area contributed by atoms with Gasteiger partial charge in [-0.15, -0.1) is 0 Å². The van der Waals surface area contributed by atoms with Crippen molar-refractivity contribution in [1.82, 2.24) is 9.78 Å². The molecule has 28 heavy (non-hydrogen) atoms. The summed E-state index contributed by atoms with van der Waals surface area (Å²) in [5.41, 5.74) is 1.76. The van der Waals surface area contributed by atoms with Crippen molar-refractivity contribution in [2.24, 2.45) is 0 Å². The number of rotatable bonds is 6. The van der Waals surface area contributed by atoms with Gasteiger partial charge in [-0.05, 0) is 54.6 Å². The van der Waals surface area contributed by atoms with Crippen molar-refractivity contribution in [3.8, 4) is 11.4 Å². The third-order valence-corrected chi connectivity index (χ3v) is 6.02. The number of benzene rings is 3. The minimum atomic E-state index is -3.52. The van der Waals surface area contributed by atoms with E-state index in [-0.39, 0.29) is 9.79 Å². The van der Waals surface area contributed by atoms with Crippen LogP contribution in [0.5, 0.6) is 5.75 Å². The lowest BCUT2D eigenvalue weighted by molar-refractivity contribution is 0.300. The van der Waals surface area contributed by atoms with Crippen LogP contribution in [0.25, 0.3) is 5.69 Å². The van der Waals surface area contributed by atoms with E-state index in [0.29, 0.717) is 12.4 Å². The molecule has 1 heterocycles. The minimum Gasteiger partial charge on any atom is -0.487 e. The molecule has 0 spiro atoms. The highest BCUT2D eigenvalue weighted by molar-refractivity contribution is 7.91. The lowest BCUT2D eigenvalue weighted by Crippen LogP contribution is -2.02. The lowest BCUT2D eigenvalue weighted by atomic mass is 10.3. The monoisotopic (exact) mass is 390 g/mol. The molecule has 0 fully saturated rings. The molecule has 0 N–H and O–H groups in total. The first kappa shape index (κ1) is 18.0. The average Bonchev–Trinajstić information content (AvgIpc) is 3.23. The molecule has 0 bridgehead atoms. The van der Waals surface area contributed by atoms with E-state index in [0.717, 1.165) is 11.4 Å². The van der Waals surface area contributed by atoms with E-state index in [1.54, 1.807) is 59.3 Å². The smallest absolute Gasteiger partial charge is 0.206 e. The lowest BCUT2D eigenvalue weighted by Gasteiger charge is -2.07. The summed E-state index contributed by atoms with van der Waals surface area (Å²) in [4.78, 5) is 0.509. The van der Waals surface area contributed by atoms with Crippen LogP contribution in [0.1, 0.15) is 5.69 Å². The highest BCUT2D eigenvalue weighted by Crippen LogP contribution is 2.23. The zero-order valence-corrected chi connectivity index (χ0v) is 15.8. The Kier molecular flexibility index (Phi) is 4.95. The number of ether oxygens (including phenoxy) is 1. The van der Waals surface area contributed by atoms with Crippen LogP contribution in [0.15, 0.2) is 107 Å². The van der Waals surface area contributed by atoms with Crippen molar-refractivity contribution in [3.05, 3.63) is 103 Å².